The van der Waals surface area contributed by atoms with Crippen molar-refractivity contribution >= 4 is 23.6 Å². The van der Waals surface area contributed by atoms with Gasteiger partial charge in [0.15, 0.2) is 0 Å². The fourth-order valence-electron chi connectivity index (χ4n) is 5.46. The van der Waals surface area contributed by atoms with Crippen LogP contribution in [0.3, 0.4) is 0 Å². The summed E-state index contributed by atoms with van der Waals surface area (Å²) in [5.41, 5.74) is 6.09. The SMILES string of the molecule is C[C@@H](NC(=O)Cn1cnnn1)[C@H]1C(=O)N2C(C(=O)O)=C(CN3C[C@H](CC(=N)N)[C@@H](O)C3)[C@H](C)[C@H]12. The second-order valence-corrected chi connectivity index (χ2v) is 9.31. The van der Waals surface area contributed by atoms with E-state index in [2.05, 4.69) is 20.8 Å². The minimum absolute atomic E-state index is 0.000661. The highest BCUT2D eigenvalue weighted by molar-refractivity contribution is 6.00. The van der Waals surface area contributed by atoms with E-state index in [1.165, 1.54) is 15.9 Å². The van der Waals surface area contributed by atoms with Crippen molar-refractivity contribution in [1.29, 1.82) is 5.41 Å². The molecule has 4 heterocycles. The van der Waals surface area contributed by atoms with Gasteiger partial charge in [-0.1, -0.05) is 6.92 Å². The van der Waals surface area contributed by atoms with Crippen LogP contribution >= 0.6 is 0 Å². The highest BCUT2D eigenvalue weighted by Crippen LogP contribution is 2.47. The maximum Gasteiger partial charge on any atom is 0.352 e. The van der Waals surface area contributed by atoms with Crippen LogP contribution in [0.25, 0.3) is 0 Å². The van der Waals surface area contributed by atoms with Gasteiger partial charge >= 0.3 is 5.97 Å². The maximum absolute atomic E-state index is 13.0. The van der Waals surface area contributed by atoms with Gasteiger partial charge in [-0.3, -0.25) is 19.9 Å². The summed E-state index contributed by atoms with van der Waals surface area (Å²) in [6.45, 7) is 4.64. The number of likely N-dealkylation sites (tertiary alicyclic amines) is 1. The van der Waals surface area contributed by atoms with E-state index in [-0.39, 0.29) is 54.2 Å². The van der Waals surface area contributed by atoms with Crippen molar-refractivity contribution in [2.75, 3.05) is 19.6 Å². The fourth-order valence-corrected chi connectivity index (χ4v) is 5.46. The van der Waals surface area contributed by atoms with Gasteiger partial charge in [0.1, 0.15) is 18.6 Å². The molecule has 184 valence electrons. The highest BCUT2D eigenvalue weighted by Gasteiger charge is 2.60. The lowest BCUT2D eigenvalue weighted by Gasteiger charge is -2.47. The Balaban J connectivity index is 1.45. The number of aliphatic hydroxyl groups is 1. The summed E-state index contributed by atoms with van der Waals surface area (Å²) in [5.74, 6) is -2.86. The molecule has 34 heavy (non-hydrogen) atoms. The number of aliphatic carboxylic acids is 1. The van der Waals surface area contributed by atoms with Gasteiger partial charge in [-0.25, -0.2) is 9.48 Å². The van der Waals surface area contributed by atoms with Crippen LogP contribution in [0.15, 0.2) is 17.6 Å². The van der Waals surface area contributed by atoms with Crippen LogP contribution < -0.4 is 11.1 Å². The molecule has 0 aliphatic carbocycles. The quantitative estimate of drug-likeness (QED) is 0.146. The first kappa shape index (κ1) is 23.8. The molecule has 6 atom stereocenters. The van der Waals surface area contributed by atoms with Crippen molar-refractivity contribution in [3.8, 4) is 0 Å². The number of amides is 2. The highest BCUT2D eigenvalue weighted by atomic mass is 16.4. The second kappa shape index (κ2) is 9.10. The van der Waals surface area contributed by atoms with E-state index in [1.807, 2.05) is 11.8 Å². The Morgan fingerprint density at radius 2 is 2.12 bits per heavy atom. The summed E-state index contributed by atoms with van der Waals surface area (Å²) in [6, 6.07) is -0.888. The van der Waals surface area contributed by atoms with Crippen LogP contribution in [-0.4, -0.2) is 102 Å². The zero-order valence-electron chi connectivity index (χ0n) is 19.0. The number of carboxylic acid groups (broad SMARTS) is 1. The zero-order valence-corrected chi connectivity index (χ0v) is 19.0. The van der Waals surface area contributed by atoms with Crippen molar-refractivity contribution in [3.63, 3.8) is 0 Å². The molecule has 3 aliphatic heterocycles. The smallest absolute Gasteiger partial charge is 0.352 e. The molecule has 0 aromatic carbocycles. The summed E-state index contributed by atoms with van der Waals surface area (Å²) < 4.78 is 1.27. The average molecular weight is 476 g/mol. The third-order valence-corrected chi connectivity index (χ3v) is 6.98. The Morgan fingerprint density at radius 1 is 1.38 bits per heavy atom. The monoisotopic (exact) mass is 475 g/mol. The molecule has 14 heteroatoms. The molecule has 4 rings (SSSR count). The molecule has 0 bridgehead atoms. The molecule has 3 aliphatic rings. The number of carboxylic acids is 1. The van der Waals surface area contributed by atoms with Gasteiger partial charge in [-0.15, -0.1) is 5.10 Å². The average Bonchev–Trinajstić information content (AvgIpc) is 3.41. The molecule has 2 amide bonds. The van der Waals surface area contributed by atoms with Gasteiger partial charge in [0.2, 0.25) is 11.8 Å². The van der Waals surface area contributed by atoms with Gasteiger partial charge < -0.3 is 26.2 Å². The molecule has 6 N–H and O–H groups in total. The van der Waals surface area contributed by atoms with E-state index in [1.54, 1.807) is 6.92 Å². The number of fused-ring (bicyclic) bond motifs is 1. The Kier molecular flexibility index (Phi) is 6.36. The molecule has 0 saturated carbocycles. The molecule has 14 nitrogen and oxygen atoms in total. The fraction of sp³-hybridized carbons (Fsp3) is 0.650. The first-order chi connectivity index (χ1) is 16.1. The van der Waals surface area contributed by atoms with Crippen molar-refractivity contribution in [3.05, 3.63) is 17.6 Å². The summed E-state index contributed by atoms with van der Waals surface area (Å²) >= 11 is 0. The van der Waals surface area contributed by atoms with Crippen LogP contribution in [0, 0.1) is 23.2 Å². The van der Waals surface area contributed by atoms with Crippen LogP contribution in [-0.2, 0) is 20.9 Å². The third-order valence-electron chi connectivity index (χ3n) is 6.98. The Bertz CT molecular complexity index is 1030. The van der Waals surface area contributed by atoms with Crippen molar-refractivity contribution < 1.29 is 24.6 Å². The van der Waals surface area contributed by atoms with Crippen LogP contribution in [0.4, 0.5) is 0 Å². The van der Waals surface area contributed by atoms with E-state index in [9.17, 15) is 24.6 Å². The third kappa shape index (κ3) is 4.25. The van der Waals surface area contributed by atoms with Crippen LogP contribution in [0.1, 0.15) is 20.3 Å². The van der Waals surface area contributed by atoms with E-state index in [4.69, 9.17) is 11.1 Å². The second-order valence-electron chi connectivity index (χ2n) is 9.31. The molecule has 0 spiro atoms. The molecule has 2 fully saturated rings. The van der Waals surface area contributed by atoms with Gasteiger partial charge in [0, 0.05) is 43.9 Å². The number of β-lactam (4-membered cyclic amide) rings is 1. The van der Waals surface area contributed by atoms with E-state index in [0.29, 0.717) is 25.2 Å². The van der Waals surface area contributed by atoms with Crippen molar-refractivity contribution in [2.24, 2.45) is 23.5 Å². The number of aliphatic hydroxyl groups excluding tert-OH is 1. The molecule has 1 aromatic heterocycles. The lowest BCUT2D eigenvalue weighted by Crippen LogP contribution is -2.66. The number of hydrogen-bond donors (Lipinski definition) is 5. The number of hydrogen-bond acceptors (Lipinski definition) is 9. The van der Waals surface area contributed by atoms with E-state index in [0.717, 1.165) is 0 Å². The summed E-state index contributed by atoms with van der Waals surface area (Å²) in [7, 11) is 0. The molecular weight excluding hydrogens is 446 g/mol. The Morgan fingerprint density at radius 3 is 2.74 bits per heavy atom. The molecule has 1 aromatic rings. The van der Waals surface area contributed by atoms with Gasteiger partial charge in [-0.05, 0) is 22.9 Å². The van der Waals surface area contributed by atoms with Gasteiger partial charge in [0.25, 0.3) is 0 Å². The standard InChI is InChI=1S/C20H29N9O5/c1-9-12(5-27-4-11(3-14(21)22)13(30)6-27)18(20(33)34)29-17(9)16(19(29)32)10(2)24-15(31)7-28-8-23-25-26-28/h8-11,13,16-17,30H,3-7H2,1-2H3,(H3,21,22)(H,24,31)(H,33,34)/t9-,10+,11-,13-,16+,17+/m0/s1. The predicted octanol–water partition coefficient (Wildman–Crippen LogP) is -2.39. The maximum atomic E-state index is 13.0. The predicted molar refractivity (Wildman–Crippen MR) is 116 cm³/mol. The van der Waals surface area contributed by atoms with Crippen LogP contribution in [0.2, 0.25) is 0 Å². The number of carbonyl (C=O) groups is 3. The minimum atomic E-state index is -1.17. The van der Waals surface area contributed by atoms with Crippen LogP contribution in [0.5, 0.6) is 0 Å². The largest absolute Gasteiger partial charge is 0.477 e. The lowest BCUT2D eigenvalue weighted by atomic mass is 9.76. The molecule has 0 radical (unpaired) electrons. The summed E-state index contributed by atoms with van der Waals surface area (Å²) in [6.07, 6.45) is 0.927. The Hall–Kier alpha value is -3.39. The Labute approximate surface area is 195 Å². The van der Waals surface area contributed by atoms with Gasteiger partial charge in [0.05, 0.1) is 23.9 Å². The first-order valence-electron chi connectivity index (χ1n) is 11.1. The topological polar surface area (TPSA) is 204 Å². The lowest BCUT2D eigenvalue weighted by molar-refractivity contribution is -0.158. The molecule has 2 saturated heterocycles. The molecular formula is C20H29N9O5. The number of nitrogens with one attached hydrogen (secondary N) is 2. The number of nitrogens with zero attached hydrogens (tertiary/aromatic N) is 6. The number of β-amino-alcohol motifs (C(OH)–C–C–N with tert-alkyl or cyclic N) is 1. The normalized spacial score (nSPS) is 29.7. The zero-order chi connectivity index (χ0) is 24.7. The van der Waals surface area contributed by atoms with E-state index >= 15 is 0 Å². The van der Waals surface area contributed by atoms with Crippen molar-refractivity contribution in [1.82, 2.24) is 35.3 Å². The number of nitrogens with two attached hydrogens (primary N) is 1. The summed E-state index contributed by atoms with van der Waals surface area (Å²) in [4.78, 5) is 40.7. The van der Waals surface area contributed by atoms with E-state index < -0.39 is 24.0 Å². The van der Waals surface area contributed by atoms with Gasteiger partial charge in [-0.2, -0.15) is 0 Å². The first-order valence-corrected chi connectivity index (χ1v) is 11.1. The number of aromatic nitrogens is 4. The number of rotatable bonds is 9. The summed E-state index contributed by atoms with van der Waals surface area (Å²) in [5, 5.41) is 41.1. The van der Waals surface area contributed by atoms with Crippen molar-refractivity contribution in [2.45, 2.75) is 45.0 Å². The number of carbonyl (C=O) groups excluding carboxylic acids is 2. The molecule has 0 unspecified atom stereocenters. The minimum Gasteiger partial charge on any atom is -0.477 e. The number of tetrazole rings is 1. The number of amidine groups is 1.